The molecule has 0 aliphatic rings. The first-order valence-electron chi connectivity index (χ1n) is 12.0. The van der Waals surface area contributed by atoms with Gasteiger partial charge in [0.05, 0.1) is 23.1 Å². The molecule has 0 spiro atoms. The molecule has 0 aliphatic carbocycles. The number of nitro groups is 1. The smallest absolute Gasteiger partial charge is 0.258 e. The second-order valence-electron chi connectivity index (χ2n) is 8.49. The lowest BCUT2D eigenvalue weighted by Gasteiger charge is -2.26. The highest BCUT2D eigenvalue weighted by molar-refractivity contribution is 6.60. The van der Waals surface area contributed by atoms with E-state index in [0.717, 1.165) is 82.4 Å². The number of nitrogens with zero attached hydrogens (tertiary/aromatic N) is 4. The van der Waals surface area contributed by atoms with Crippen molar-refractivity contribution in [1.82, 2.24) is 0 Å². The van der Waals surface area contributed by atoms with Gasteiger partial charge in [-0.05, 0) is 30.6 Å². The lowest BCUT2D eigenvalue weighted by molar-refractivity contribution is -0.384. The zero-order valence-electron chi connectivity index (χ0n) is 19.2. The van der Waals surface area contributed by atoms with Gasteiger partial charge in [0.25, 0.3) is 5.69 Å². The van der Waals surface area contributed by atoms with E-state index in [1.165, 1.54) is 0 Å². The molecular formula is C25H35BN4O2. The average molecular weight is 434 g/mol. The van der Waals surface area contributed by atoms with E-state index < -0.39 is 0 Å². The summed E-state index contributed by atoms with van der Waals surface area (Å²) in [4.78, 5) is 11.0. The molecule has 0 amide bonds. The number of rotatable bonds is 18. The number of nitriles is 3. The summed E-state index contributed by atoms with van der Waals surface area (Å²) >= 11 is 0. The third kappa shape index (κ3) is 11.5. The first-order chi connectivity index (χ1) is 15.6. The summed E-state index contributed by atoms with van der Waals surface area (Å²) in [5.74, 6) is 0.254. The predicted molar refractivity (Wildman–Crippen MR) is 128 cm³/mol. The van der Waals surface area contributed by atoms with Crippen LogP contribution in [0.15, 0.2) is 24.3 Å². The minimum Gasteiger partial charge on any atom is -0.258 e. The molecule has 1 aromatic rings. The maximum absolute atomic E-state index is 11.3. The van der Waals surface area contributed by atoms with Crippen LogP contribution in [-0.4, -0.2) is 11.6 Å². The third-order valence-corrected chi connectivity index (χ3v) is 6.11. The molecule has 0 saturated carbocycles. The molecule has 0 saturated heterocycles. The molecular weight excluding hydrogens is 399 g/mol. The van der Waals surface area contributed by atoms with Crippen LogP contribution in [0.1, 0.15) is 94.9 Å². The van der Waals surface area contributed by atoms with Gasteiger partial charge in [-0.2, -0.15) is 15.8 Å². The Morgan fingerprint density at radius 1 is 0.812 bits per heavy atom. The summed E-state index contributed by atoms with van der Waals surface area (Å²) in [5, 5.41) is 37.7. The van der Waals surface area contributed by atoms with Crippen LogP contribution in [0.25, 0.3) is 0 Å². The molecule has 1 atom stereocenters. The van der Waals surface area contributed by atoms with Crippen molar-refractivity contribution in [3.8, 4) is 18.2 Å². The average Bonchev–Trinajstić information content (AvgIpc) is 2.80. The van der Waals surface area contributed by atoms with E-state index in [2.05, 4.69) is 18.2 Å². The molecule has 170 valence electrons. The van der Waals surface area contributed by atoms with E-state index >= 15 is 0 Å². The Morgan fingerprint density at radius 3 is 1.84 bits per heavy atom. The Kier molecular flexibility index (Phi) is 15.1. The molecule has 1 rings (SSSR count). The number of hydrogen-bond acceptors (Lipinski definition) is 5. The molecule has 0 heterocycles. The molecule has 0 bridgehead atoms. The van der Waals surface area contributed by atoms with Crippen molar-refractivity contribution in [2.75, 3.05) is 0 Å². The highest BCUT2D eigenvalue weighted by Gasteiger charge is 2.27. The van der Waals surface area contributed by atoms with Crippen molar-refractivity contribution in [3.05, 3.63) is 39.9 Å². The molecule has 6 nitrogen and oxygen atoms in total. The zero-order chi connectivity index (χ0) is 23.4. The van der Waals surface area contributed by atoms with Crippen LogP contribution in [0.4, 0.5) is 5.69 Å². The minimum atomic E-state index is -0.327. The van der Waals surface area contributed by atoms with E-state index in [4.69, 9.17) is 15.8 Å². The van der Waals surface area contributed by atoms with Gasteiger partial charge in [0.2, 0.25) is 0 Å². The lowest BCUT2D eigenvalue weighted by atomic mass is 9.34. The van der Waals surface area contributed by atoms with Crippen molar-refractivity contribution >= 4 is 12.4 Å². The molecule has 7 heteroatoms. The van der Waals surface area contributed by atoms with Crippen molar-refractivity contribution in [1.29, 1.82) is 15.8 Å². The Morgan fingerprint density at radius 2 is 1.34 bits per heavy atom. The van der Waals surface area contributed by atoms with Crippen LogP contribution >= 0.6 is 0 Å². The van der Waals surface area contributed by atoms with Gasteiger partial charge in [-0.1, -0.05) is 69.7 Å². The van der Waals surface area contributed by atoms with Crippen molar-refractivity contribution in [2.45, 2.75) is 102 Å². The van der Waals surface area contributed by atoms with Gasteiger partial charge in [-0.25, -0.2) is 0 Å². The monoisotopic (exact) mass is 434 g/mol. The zero-order valence-corrected chi connectivity index (χ0v) is 19.2. The molecule has 0 N–H and O–H groups in total. The van der Waals surface area contributed by atoms with Gasteiger partial charge in [0.15, 0.2) is 0 Å². The summed E-state index contributed by atoms with van der Waals surface area (Å²) in [6.45, 7) is 0.428. The van der Waals surface area contributed by atoms with Gasteiger partial charge >= 0.3 is 0 Å². The standard InChI is InChI=1S/C25H35BN4O2/c27-19-10-4-1-7-16-25(23-14-13-15-24(22-23)30(31)32)26(17-8-2-5-11-20-28)18-9-3-6-12-21-29/h13-15,22,25H,1-12,16-18H2. The fourth-order valence-corrected chi connectivity index (χ4v) is 4.41. The predicted octanol–water partition coefficient (Wildman–Crippen LogP) is 7.35. The third-order valence-electron chi connectivity index (χ3n) is 6.11. The lowest BCUT2D eigenvalue weighted by Crippen LogP contribution is -2.24. The SMILES string of the molecule is N#CCCCCCB(CCCCCC#N)C(CCCCCC#N)c1cccc([N+](=O)[O-])c1. The molecule has 0 aliphatic heterocycles. The van der Waals surface area contributed by atoms with Gasteiger partial charge in [0.1, 0.15) is 6.71 Å². The van der Waals surface area contributed by atoms with Crippen LogP contribution in [0.3, 0.4) is 0 Å². The highest BCUT2D eigenvalue weighted by Crippen LogP contribution is 2.33. The molecule has 1 unspecified atom stereocenters. The summed E-state index contributed by atoms with van der Waals surface area (Å²) in [7, 11) is 0. The number of non-ortho nitro benzene ring substituents is 1. The van der Waals surface area contributed by atoms with E-state index in [1.807, 2.05) is 6.07 Å². The molecule has 1 aromatic carbocycles. The summed E-state index contributed by atoms with van der Waals surface area (Å²) in [5.41, 5.74) is 1.18. The summed E-state index contributed by atoms with van der Waals surface area (Å²) in [6, 6.07) is 13.7. The van der Waals surface area contributed by atoms with Crippen LogP contribution in [-0.2, 0) is 0 Å². The number of benzene rings is 1. The fraction of sp³-hybridized carbons (Fsp3) is 0.640. The number of nitro benzene ring substituents is 1. The number of hydrogen-bond donors (Lipinski definition) is 0. The largest absolute Gasteiger partial charge is 0.269 e. The highest BCUT2D eigenvalue weighted by atomic mass is 16.6. The van der Waals surface area contributed by atoms with Crippen molar-refractivity contribution in [3.63, 3.8) is 0 Å². The van der Waals surface area contributed by atoms with Gasteiger partial charge in [0, 0.05) is 31.4 Å². The topological polar surface area (TPSA) is 115 Å². The van der Waals surface area contributed by atoms with Crippen LogP contribution < -0.4 is 0 Å². The Labute approximate surface area is 193 Å². The maximum Gasteiger partial charge on any atom is 0.269 e. The second-order valence-corrected chi connectivity index (χ2v) is 8.49. The molecule has 32 heavy (non-hydrogen) atoms. The van der Waals surface area contributed by atoms with Crippen molar-refractivity contribution < 1.29 is 4.92 Å². The van der Waals surface area contributed by atoms with Crippen molar-refractivity contribution in [2.24, 2.45) is 0 Å². The first-order valence-corrected chi connectivity index (χ1v) is 12.0. The number of unbranched alkanes of at least 4 members (excludes halogenated alkanes) is 9. The molecule has 0 fully saturated rings. The second kappa shape index (κ2) is 17.8. The van der Waals surface area contributed by atoms with Crippen LogP contribution in [0.5, 0.6) is 0 Å². The summed E-state index contributed by atoms with van der Waals surface area (Å²) < 4.78 is 0. The van der Waals surface area contributed by atoms with E-state index in [9.17, 15) is 10.1 Å². The Balaban J connectivity index is 2.94. The molecule has 0 radical (unpaired) electrons. The van der Waals surface area contributed by atoms with Gasteiger partial charge < -0.3 is 0 Å². The quantitative estimate of drug-likeness (QED) is 0.104. The minimum absolute atomic E-state index is 0.138. The normalized spacial score (nSPS) is 11.2. The van der Waals surface area contributed by atoms with E-state index in [0.29, 0.717) is 26.0 Å². The Hall–Kier alpha value is -2.85. The first kappa shape index (κ1) is 27.2. The maximum atomic E-state index is 11.3. The summed E-state index contributed by atoms with van der Waals surface area (Å²) in [6.07, 6.45) is 13.7. The van der Waals surface area contributed by atoms with Crippen LogP contribution in [0, 0.1) is 44.1 Å². The fourth-order valence-electron chi connectivity index (χ4n) is 4.41. The van der Waals surface area contributed by atoms with Crippen LogP contribution in [0.2, 0.25) is 12.6 Å². The van der Waals surface area contributed by atoms with E-state index in [-0.39, 0.29) is 16.4 Å². The van der Waals surface area contributed by atoms with Gasteiger partial charge in [-0.3, -0.25) is 10.1 Å². The molecule has 0 aromatic heterocycles. The Bertz CT molecular complexity index is 770. The van der Waals surface area contributed by atoms with E-state index in [1.54, 1.807) is 18.2 Å². The van der Waals surface area contributed by atoms with Gasteiger partial charge in [-0.15, -0.1) is 0 Å².